The Morgan fingerprint density at radius 3 is 2.65 bits per heavy atom. The minimum atomic E-state index is -0.735. The monoisotopic (exact) mass is 277 g/mol. The molecule has 1 aromatic heterocycles. The summed E-state index contributed by atoms with van der Waals surface area (Å²) < 4.78 is 5.35. The molecule has 1 amide bonds. The van der Waals surface area contributed by atoms with E-state index in [9.17, 15) is 9.90 Å². The van der Waals surface area contributed by atoms with Crippen LogP contribution in [-0.2, 0) is 4.79 Å². The van der Waals surface area contributed by atoms with Gasteiger partial charge in [0.1, 0.15) is 11.5 Å². The maximum Gasteiger partial charge on any atom is 0.244 e. The Balaban J connectivity index is 1.80. The van der Waals surface area contributed by atoms with Gasteiger partial charge in [-0.05, 0) is 38.0 Å². The highest BCUT2D eigenvalue weighted by Gasteiger charge is 2.27. The van der Waals surface area contributed by atoms with Gasteiger partial charge >= 0.3 is 0 Å². The molecule has 0 unspecified atom stereocenters. The van der Waals surface area contributed by atoms with Crippen molar-refractivity contribution in [2.45, 2.75) is 51.0 Å². The van der Waals surface area contributed by atoms with Gasteiger partial charge in [-0.25, -0.2) is 0 Å². The van der Waals surface area contributed by atoms with Crippen LogP contribution in [0.5, 0.6) is 0 Å². The molecule has 0 bridgehead atoms. The van der Waals surface area contributed by atoms with Crippen LogP contribution < -0.4 is 5.32 Å². The molecule has 0 aliphatic heterocycles. The van der Waals surface area contributed by atoms with Crippen molar-refractivity contribution in [3.63, 3.8) is 0 Å². The van der Waals surface area contributed by atoms with Gasteiger partial charge in [-0.15, -0.1) is 0 Å². The number of hydrogen-bond donors (Lipinski definition) is 2. The molecule has 1 aliphatic carbocycles. The first-order valence-electron chi connectivity index (χ1n) is 7.32. The summed E-state index contributed by atoms with van der Waals surface area (Å²) in [5.74, 6) is 1.28. The SMILES string of the molecule is Cc1ccc(C=CC(=O)NCC2(O)CCCCCC2)o1. The van der Waals surface area contributed by atoms with Gasteiger partial charge in [0.15, 0.2) is 0 Å². The van der Waals surface area contributed by atoms with Gasteiger partial charge in [-0.1, -0.05) is 25.7 Å². The highest BCUT2D eigenvalue weighted by molar-refractivity contribution is 5.91. The number of furan rings is 1. The van der Waals surface area contributed by atoms with Crippen molar-refractivity contribution in [3.05, 3.63) is 29.7 Å². The van der Waals surface area contributed by atoms with Gasteiger partial charge in [0.25, 0.3) is 0 Å². The minimum absolute atomic E-state index is 0.197. The van der Waals surface area contributed by atoms with E-state index < -0.39 is 5.60 Å². The second kappa shape index (κ2) is 6.75. The van der Waals surface area contributed by atoms with Crippen molar-refractivity contribution in [1.29, 1.82) is 0 Å². The van der Waals surface area contributed by atoms with Crippen molar-refractivity contribution < 1.29 is 14.3 Å². The van der Waals surface area contributed by atoms with Crippen molar-refractivity contribution in [1.82, 2.24) is 5.32 Å². The molecule has 1 heterocycles. The van der Waals surface area contributed by atoms with Gasteiger partial charge < -0.3 is 14.8 Å². The Bertz CT molecular complexity index is 468. The molecule has 2 rings (SSSR count). The lowest BCUT2D eigenvalue weighted by molar-refractivity contribution is -0.117. The van der Waals surface area contributed by atoms with Crippen molar-refractivity contribution in [2.24, 2.45) is 0 Å². The van der Waals surface area contributed by atoms with E-state index in [-0.39, 0.29) is 5.91 Å². The van der Waals surface area contributed by atoms with E-state index in [1.54, 1.807) is 6.08 Å². The first kappa shape index (κ1) is 14.9. The predicted molar refractivity (Wildman–Crippen MR) is 78.1 cm³/mol. The normalized spacial score (nSPS) is 18.9. The number of carbonyl (C=O) groups is 1. The Labute approximate surface area is 119 Å². The number of carbonyl (C=O) groups excluding carboxylic acids is 1. The second-order valence-corrected chi connectivity index (χ2v) is 5.64. The molecule has 0 aromatic carbocycles. The Hall–Kier alpha value is -1.55. The Morgan fingerprint density at radius 1 is 1.35 bits per heavy atom. The molecule has 1 saturated carbocycles. The van der Waals surface area contributed by atoms with Crippen molar-refractivity contribution in [3.8, 4) is 0 Å². The molecule has 4 nitrogen and oxygen atoms in total. The zero-order valence-electron chi connectivity index (χ0n) is 12.0. The van der Waals surface area contributed by atoms with Crippen LogP contribution in [0.1, 0.15) is 50.0 Å². The second-order valence-electron chi connectivity index (χ2n) is 5.64. The standard InChI is InChI=1S/C16H23NO3/c1-13-6-7-14(20-13)8-9-15(18)17-12-16(19)10-4-2-3-5-11-16/h6-9,19H,2-5,10-12H2,1H3,(H,17,18). The zero-order valence-corrected chi connectivity index (χ0v) is 12.0. The highest BCUT2D eigenvalue weighted by atomic mass is 16.3. The third kappa shape index (κ3) is 4.53. The molecular weight excluding hydrogens is 254 g/mol. The Kier molecular flexibility index (Phi) is 5.01. The average molecular weight is 277 g/mol. The maximum atomic E-state index is 11.7. The van der Waals surface area contributed by atoms with Crippen LogP contribution >= 0.6 is 0 Å². The summed E-state index contributed by atoms with van der Waals surface area (Å²) in [6.45, 7) is 2.19. The lowest BCUT2D eigenvalue weighted by atomic mass is 9.94. The van der Waals surface area contributed by atoms with Gasteiger partial charge in [0, 0.05) is 12.6 Å². The molecule has 1 aliphatic rings. The van der Waals surface area contributed by atoms with E-state index in [0.29, 0.717) is 12.3 Å². The number of amides is 1. The van der Waals surface area contributed by atoms with Gasteiger partial charge in [0.2, 0.25) is 5.91 Å². The summed E-state index contributed by atoms with van der Waals surface area (Å²) in [6.07, 6.45) is 9.05. The highest BCUT2D eigenvalue weighted by Crippen LogP contribution is 2.26. The maximum absolute atomic E-state index is 11.7. The zero-order chi connectivity index (χ0) is 14.4. The van der Waals surface area contributed by atoms with Crippen LogP contribution in [0.2, 0.25) is 0 Å². The summed E-state index contributed by atoms with van der Waals surface area (Å²) in [4.78, 5) is 11.7. The first-order valence-corrected chi connectivity index (χ1v) is 7.32. The summed E-state index contributed by atoms with van der Waals surface area (Å²) in [6, 6.07) is 3.67. The number of nitrogens with one attached hydrogen (secondary N) is 1. The van der Waals surface area contributed by atoms with Crippen LogP contribution in [-0.4, -0.2) is 23.2 Å². The van der Waals surface area contributed by atoms with Gasteiger partial charge in [0.05, 0.1) is 5.60 Å². The smallest absolute Gasteiger partial charge is 0.244 e. The van der Waals surface area contributed by atoms with Crippen molar-refractivity contribution >= 4 is 12.0 Å². The third-order valence-electron chi connectivity index (χ3n) is 3.79. The fourth-order valence-corrected chi connectivity index (χ4v) is 2.57. The summed E-state index contributed by atoms with van der Waals surface area (Å²) >= 11 is 0. The van der Waals surface area contributed by atoms with E-state index in [2.05, 4.69) is 5.32 Å². The fourth-order valence-electron chi connectivity index (χ4n) is 2.57. The van der Waals surface area contributed by atoms with Crippen molar-refractivity contribution in [2.75, 3.05) is 6.54 Å². The summed E-state index contributed by atoms with van der Waals surface area (Å²) in [5, 5.41) is 13.2. The number of aliphatic hydroxyl groups is 1. The van der Waals surface area contributed by atoms with Crippen LogP contribution in [0.3, 0.4) is 0 Å². The number of aryl methyl sites for hydroxylation is 1. The molecular formula is C16H23NO3. The molecule has 0 saturated heterocycles. The lowest BCUT2D eigenvalue weighted by Crippen LogP contribution is -2.42. The van der Waals surface area contributed by atoms with Gasteiger partial charge in [-0.3, -0.25) is 4.79 Å². The minimum Gasteiger partial charge on any atom is -0.462 e. The van der Waals surface area contributed by atoms with Gasteiger partial charge in [-0.2, -0.15) is 0 Å². The molecule has 110 valence electrons. The molecule has 20 heavy (non-hydrogen) atoms. The molecule has 2 N–H and O–H groups in total. The van der Waals surface area contributed by atoms with Crippen LogP contribution in [0.25, 0.3) is 6.08 Å². The van der Waals surface area contributed by atoms with E-state index in [1.807, 2.05) is 19.1 Å². The summed E-state index contributed by atoms with van der Waals surface area (Å²) in [7, 11) is 0. The fraction of sp³-hybridized carbons (Fsp3) is 0.562. The summed E-state index contributed by atoms with van der Waals surface area (Å²) in [5.41, 5.74) is -0.735. The quantitative estimate of drug-likeness (QED) is 0.657. The molecule has 1 aromatic rings. The number of hydrogen-bond acceptors (Lipinski definition) is 3. The Morgan fingerprint density at radius 2 is 2.05 bits per heavy atom. The van der Waals surface area contributed by atoms with Crippen LogP contribution in [0, 0.1) is 6.92 Å². The molecule has 0 spiro atoms. The van der Waals surface area contributed by atoms with E-state index >= 15 is 0 Å². The van der Waals surface area contributed by atoms with Crippen LogP contribution in [0.4, 0.5) is 0 Å². The topological polar surface area (TPSA) is 62.5 Å². The van der Waals surface area contributed by atoms with E-state index in [4.69, 9.17) is 4.42 Å². The lowest BCUT2D eigenvalue weighted by Gasteiger charge is -2.26. The molecule has 0 radical (unpaired) electrons. The molecule has 0 atom stereocenters. The average Bonchev–Trinajstić information content (AvgIpc) is 2.71. The first-order chi connectivity index (χ1) is 9.57. The van der Waals surface area contributed by atoms with E-state index in [1.165, 1.54) is 18.9 Å². The van der Waals surface area contributed by atoms with Crippen LogP contribution in [0.15, 0.2) is 22.6 Å². The largest absolute Gasteiger partial charge is 0.462 e. The molecule has 4 heteroatoms. The molecule has 1 fully saturated rings. The predicted octanol–water partition coefficient (Wildman–Crippen LogP) is 2.80. The van der Waals surface area contributed by atoms with E-state index in [0.717, 1.165) is 31.4 Å². The third-order valence-corrected chi connectivity index (χ3v) is 3.79. The number of rotatable bonds is 4.